The predicted octanol–water partition coefficient (Wildman–Crippen LogP) is 2.21. The van der Waals surface area contributed by atoms with E-state index >= 15 is 0 Å². The molecule has 0 bridgehead atoms. The third-order valence-corrected chi connectivity index (χ3v) is 3.53. The molecule has 3 rings (SSSR count). The van der Waals surface area contributed by atoms with Crippen LogP contribution in [0.1, 0.15) is 11.1 Å². The van der Waals surface area contributed by atoms with Gasteiger partial charge in [0.15, 0.2) is 0 Å². The fraction of sp³-hybridized carbons (Fsp3) is 0.105. The zero-order valence-electron chi connectivity index (χ0n) is 13.3. The second kappa shape index (κ2) is 8.18. The Hall–Kier alpha value is -2.79. The molecule has 0 amide bonds. The number of hydrogen-bond donors (Lipinski definition) is 1. The van der Waals surface area contributed by atoms with Crippen LogP contribution in [0.4, 0.5) is 0 Å². The van der Waals surface area contributed by atoms with Crippen molar-refractivity contribution in [2.45, 2.75) is 13.2 Å². The Morgan fingerprint density at radius 3 is 1.92 bits per heavy atom. The van der Waals surface area contributed by atoms with Crippen LogP contribution in [0, 0.1) is 0 Å². The van der Waals surface area contributed by atoms with Crippen LogP contribution < -0.4 is 14.9 Å². The molecule has 0 unspecified atom stereocenters. The van der Waals surface area contributed by atoms with Gasteiger partial charge in [0.25, 0.3) is 0 Å². The highest BCUT2D eigenvalue weighted by Gasteiger charge is 2.09. The lowest BCUT2D eigenvalue weighted by atomic mass is 9.90. The molecule has 0 spiro atoms. The summed E-state index contributed by atoms with van der Waals surface area (Å²) in [5.41, 5.74) is 2.74. The van der Waals surface area contributed by atoms with Gasteiger partial charge in [-0.15, -0.1) is 0 Å². The third-order valence-electron chi connectivity index (χ3n) is 3.53. The van der Waals surface area contributed by atoms with Crippen molar-refractivity contribution in [3.05, 3.63) is 83.9 Å². The Bertz CT molecular complexity index is 766. The van der Waals surface area contributed by atoms with E-state index in [-0.39, 0.29) is 7.48 Å². The van der Waals surface area contributed by atoms with E-state index in [2.05, 4.69) is 4.98 Å². The van der Waals surface area contributed by atoms with Gasteiger partial charge in [-0.05, 0) is 11.1 Å². The van der Waals surface area contributed by atoms with Gasteiger partial charge in [-0.3, -0.25) is 0 Å². The quantitative estimate of drug-likeness (QED) is 0.679. The van der Waals surface area contributed by atoms with E-state index in [0.717, 1.165) is 11.1 Å². The molecule has 0 radical (unpaired) electrons. The SMILES string of the molecule is OBc1ccc(OCc2ccccc2)nc1OCc1ccccc1. The number of rotatable bonds is 7. The van der Waals surface area contributed by atoms with E-state index in [0.29, 0.717) is 30.4 Å². The van der Waals surface area contributed by atoms with Crippen LogP contribution in [0.2, 0.25) is 0 Å². The highest BCUT2D eigenvalue weighted by molar-refractivity contribution is 6.46. The van der Waals surface area contributed by atoms with Crippen LogP contribution in [0.15, 0.2) is 72.8 Å². The van der Waals surface area contributed by atoms with Crippen LogP contribution in [0.5, 0.6) is 11.8 Å². The van der Waals surface area contributed by atoms with Crippen LogP contribution in [-0.2, 0) is 13.2 Å². The number of aromatic nitrogens is 1. The predicted molar refractivity (Wildman–Crippen MR) is 94.8 cm³/mol. The molecule has 24 heavy (non-hydrogen) atoms. The molecule has 4 nitrogen and oxygen atoms in total. The van der Waals surface area contributed by atoms with Crippen molar-refractivity contribution in [3.8, 4) is 11.8 Å². The first kappa shape index (κ1) is 16.1. The van der Waals surface area contributed by atoms with Gasteiger partial charge < -0.3 is 14.5 Å². The molecule has 1 aromatic heterocycles. The molecule has 0 saturated carbocycles. The lowest BCUT2D eigenvalue weighted by molar-refractivity contribution is 0.269. The van der Waals surface area contributed by atoms with Crippen LogP contribution in [0.25, 0.3) is 0 Å². The number of benzene rings is 2. The van der Waals surface area contributed by atoms with Crippen LogP contribution in [-0.4, -0.2) is 17.5 Å². The molecule has 2 aromatic carbocycles. The van der Waals surface area contributed by atoms with Crippen molar-refractivity contribution in [2.24, 2.45) is 0 Å². The van der Waals surface area contributed by atoms with Gasteiger partial charge in [0, 0.05) is 11.5 Å². The summed E-state index contributed by atoms with van der Waals surface area (Å²) in [5, 5.41) is 9.45. The van der Waals surface area contributed by atoms with E-state index in [1.54, 1.807) is 12.1 Å². The molecule has 0 aliphatic rings. The zero-order chi connectivity index (χ0) is 16.6. The maximum absolute atomic E-state index is 9.45. The van der Waals surface area contributed by atoms with Gasteiger partial charge >= 0.3 is 7.48 Å². The smallest absolute Gasteiger partial charge is 0.310 e. The minimum Gasteiger partial charge on any atom is -0.473 e. The summed E-state index contributed by atoms with van der Waals surface area (Å²) in [6.45, 7) is 0.827. The fourth-order valence-electron chi connectivity index (χ4n) is 2.24. The highest BCUT2D eigenvalue weighted by atomic mass is 16.5. The first-order valence-corrected chi connectivity index (χ1v) is 7.79. The molecular formula is C19H18BNO3. The molecule has 3 aromatic rings. The largest absolute Gasteiger partial charge is 0.473 e. The molecule has 0 saturated heterocycles. The lowest BCUT2D eigenvalue weighted by Crippen LogP contribution is -2.19. The first-order chi connectivity index (χ1) is 11.8. The van der Waals surface area contributed by atoms with Gasteiger partial charge in [0.05, 0.1) is 0 Å². The maximum atomic E-state index is 9.45. The van der Waals surface area contributed by atoms with Crippen molar-refractivity contribution in [1.29, 1.82) is 0 Å². The van der Waals surface area contributed by atoms with Crippen LogP contribution in [0.3, 0.4) is 0 Å². The van der Waals surface area contributed by atoms with Crippen molar-refractivity contribution < 1.29 is 14.5 Å². The first-order valence-electron chi connectivity index (χ1n) is 7.79. The number of nitrogens with zero attached hydrogens (tertiary/aromatic N) is 1. The highest BCUT2D eigenvalue weighted by Crippen LogP contribution is 2.15. The average Bonchev–Trinajstić information content (AvgIpc) is 2.66. The van der Waals surface area contributed by atoms with Gasteiger partial charge in [-0.1, -0.05) is 66.7 Å². The molecule has 1 N–H and O–H groups in total. The van der Waals surface area contributed by atoms with E-state index in [9.17, 15) is 5.02 Å². The molecule has 0 aliphatic heterocycles. The Kier molecular flexibility index (Phi) is 5.48. The van der Waals surface area contributed by atoms with Crippen molar-refractivity contribution in [3.63, 3.8) is 0 Å². The lowest BCUT2D eigenvalue weighted by Gasteiger charge is -2.11. The van der Waals surface area contributed by atoms with E-state index < -0.39 is 0 Å². The Labute approximate surface area is 142 Å². The minimum atomic E-state index is -0.129. The summed E-state index contributed by atoms with van der Waals surface area (Å²) in [6, 6.07) is 23.2. The molecule has 1 heterocycles. The molecule has 5 heteroatoms. The molecule has 0 aliphatic carbocycles. The molecular weight excluding hydrogens is 301 g/mol. The van der Waals surface area contributed by atoms with Crippen molar-refractivity contribution in [2.75, 3.05) is 0 Å². The standard InChI is InChI=1S/C19H18BNO3/c22-20-17-11-12-18(23-13-15-7-3-1-4-8-15)21-19(17)24-14-16-9-5-2-6-10-16/h1-12,20,22H,13-14H2. The van der Waals surface area contributed by atoms with Crippen molar-refractivity contribution in [1.82, 2.24) is 4.98 Å². The number of ether oxygens (including phenoxy) is 2. The van der Waals surface area contributed by atoms with Gasteiger partial charge in [0.1, 0.15) is 13.2 Å². The minimum absolute atomic E-state index is 0.129. The second-order valence-electron chi connectivity index (χ2n) is 5.32. The average molecular weight is 319 g/mol. The van der Waals surface area contributed by atoms with Crippen LogP contribution >= 0.6 is 0 Å². The third kappa shape index (κ3) is 4.37. The molecule has 120 valence electrons. The maximum Gasteiger partial charge on any atom is 0.310 e. The summed E-state index contributed by atoms with van der Waals surface area (Å²) >= 11 is 0. The summed E-state index contributed by atoms with van der Waals surface area (Å²) < 4.78 is 11.5. The second-order valence-corrected chi connectivity index (χ2v) is 5.32. The summed E-state index contributed by atoms with van der Waals surface area (Å²) in [4.78, 5) is 4.37. The monoisotopic (exact) mass is 319 g/mol. The number of hydrogen-bond acceptors (Lipinski definition) is 4. The van der Waals surface area contributed by atoms with Gasteiger partial charge in [-0.2, -0.15) is 4.98 Å². The topological polar surface area (TPSA) is 51.6 Å². The van der Waals surface area contributed by atoms with E-state index in [1.165, 1.54) is 0 Å². The Morgan fingerprint density at radius 2 is 1.33 bits per heavy atom. The Morgan fingerprint density at radius 1 is 0.750 bits per heavy atom. The molecule has 0 atom stereocenters. The summed E-state index contributed by atoms with van der Waals surface area (Å²) in [5.74, 6) is 0.867. The van der Waals surface area contributed by atoms with E-state index in [1.807, 2.05) is 60.7 Å². The Balaban J connectivity index is 1.68. The van der Waals surface area contributed by atoms with E-state index in [4.69, 9.17) is 9.47 Å². The summed E-state index contributed by atoms with van der Waals surface area (Å²) in [6.07, 6.45) is 0. The van der Waals surface area contributed by atoms with Gasteiger partial charge in [-0.25, -0.2) is 0 Å². The normalized spacial score (nSPS) is 10.2. The molecule has 0 fully saturated rings. The number of pyridine rings is 1. The van der Waals surface area contributed by atoms with Crippen molar-refractivity contribution >= 4 is 12.9 Å². The fourth-order valence-corrected chi connectivity index (χ4v) is 2.24. The van der Waals surface area contributed by atoms with Gasteiger partial charge in [0.2, 0.25) is 11.8 Å². The summed E-state index contributed by atoms with van der Waals surface area (Å²) in [7, 11) is -0.129. The zero-order valence-corrected chi connectivity index (χ0v) is 13.3.